The third kappa shape index (κ3) is 4.37. The highest BCUT2D eigenvalue weighted by molar-refractivity contribution is 5.98. The van der Waals surface area contributed by atoms with E-state index in [1.807, 2.05) is 24.3 Å². The number of rotatable bonds is 4. The van der Waals surface area contributed by atoms with Crippen LogP contribution in [-0.2, 0) is 4.74 Å². The van der Waals surface area contributed by atoms with Crippen LogP contribution in [0.5, 0.6) is 0 Å². The molecular formula is C23H21N7O3. The second-order valence-corrected chi connectivity index (χ2v) is 7.41. The summed E-state index contributed by atoms with van der Waals surface area (Å²) >= 11 is 0. The van der Waals surface area contributed by atoms with Gasteiger partial charge in [0.15, 0.2) is 5.65 Å². The molecule has 1 aliphatic heterocycles. The normalized spacial score (nSPS) is 13.6. The molecule has 33 heavy (non-hydrogen) atoms. The lowest BCUT2D eigenvalue weighted by atomic mass is 10.2. The first-order valence-electron chi connectivity index (χ1n) is 10.5. The van der Waals surface area contributed by atoms with Crippen LogP contribution in [0.3, 0.4) is 0 Å². The Morgan fingerprint density at radius 2 is 1.64 bits per heavy atom. The van der Waals surface area contributed by atoms with Crippen LogP contribution < -0.4 is 15.8 Å². The zero-order chi connectivity index (χ0) is 22.6. The molecule has 1 saturated heterocycles. The maximum Gasteiger partial charge on any atom is 0.288 e. The number of amides is 2. The van der Waals surface area contributed by atoms with Gasteiger partial charge in [0.2, 0.25) is 0 Å². The fourth-order valence-corrected chi connectivity index (χ4v) is 3.60. The standard InChI is InChI=1S/C23H21N7O3/c31-22(17-4-2-1-3-5-17)26-27-23(32)19-15-21(29-10-12-33-13-11-29)30-20(25-19)14-18(28-30)16-6-8-24-9-7-16/h1-9,14-15H,10-13H2,(H,26,31)(H,27,32). The molecule has 10 nitrogen and oxygen atoms in total. The molecule has 0 unspecified atom stereocenters. The number of ether oxygens (including phenoxy) is 1. The molecule has 0 radical (unpaired) electrons. The molecule has 0 aliphatic carbocycles. The Labute approximate surface area is 189 Å². The number of fused-ring (bicyclic) bond motifs is 1. The Kier molecular flexibility index (Phi) is 5.64. The van der Waals surface area contributed by atoms with Crippen LogP contribution in [0, 0.1) is 0 Å². The Hall–Kier alpha value is -4.31. The number of hydrogen-bond donors (Lipinski definition) is 2. The lowest BCUT2D eigenvalue weighted by Crippen LogP contribution is -2.42. The number of nitrogens with zero attached hydrogens (tertiary/aromatic N) is 5. The van der Waals surface area contributed by atoms with E-state index < -0.39 is 11.8 Å². The lowest BCUT2D eigenvalue weighted by Gasteiger charge is -2.29. The van der Waals surface area contributed by atoms with Gasteiger partial charge in [0.25, 0.3) is 11.8 Å². The van der Waals surface area contributed by atoms with Crippen LogP contribution >= 0.6 is 0 Å². The fourth-order valence-electron chi connectivity index (χ4n) is 3.60. The second-order valence-electron chi connectivity index (χ2n) is 7.41. The first-order valence-corrected chi connectivity index (χ1v) is 10.5. The lowest BCUT2D eigenvalue weighted by molar-refractivity contribution is 0.0844. The number of carbonyl (C=O) groups is 2. The molecule has 4 aromatic rings. The van der Waals surface area contributed by atoms with Crippen molar-refractivity contribution in [1.29, 1.82) is 0 Å². The molecule has 0 bridgehead atoms. The summed E-state index contributed by atoms with van der Waals surface area (Å²) in [5, 5.41) is 4.71. The predicted octanol–water partition coefficient (Wildman–Crippen LogP) is 1.70. The van der Waals surface area contributed by atoms with Crippen molar-refractivity contribution in [2.45, 2.75) is 0 Å². The maximum atomic E-state index is 12.9. The van der Waals surface area contributed by atoms with Gasteiger partial charge in [-0.05, 0) is 24.3 Å². The van der Waals surface area contributed by atoms with E-state index in [0.29, 0.717) is 43.2 Å². The van der Waals surface area contributed by atoms with E-state index in [1.165, 1.54) is 0 Å². The van der Waals surface area contributed by atoms with Gasteiger partial charge < -0.3 is 9.64 Å². The third-order valence-corrected chi connectivity index (χ3v) is 5.28. The molecule has 1 fully saturated rings. The van der Waals surface area contributed by atoms with Gasteiger partial charge in [-0.25, -0.2) is 4.98 Å². The SMILES string of the molecule is O=C(NNC(=O)c1cc(N2CCOCC2)n2nc(-c3ccncc3)cc2n1)c1ccccc1. The van der Waals surface area contributed by atoms with E-state index in [2.05, 4.69) is 25.7 Å². The highest BCUT2D eigenvalue weighted by atomic mass is 16.5. The molecule has 0 atom stereocenters. The largest absolute Gasteiger partial charge is 0.378 e. The zero-order valence-corrected chi connectivity index (χ0v) is 17.6. The van der Waals surface area contributed by atoms with Crippen molar-refractivity contribution < 1.29 is 14.3 Å². The highest BCUT2D eigenvalue weighted by Gasteiger charge is 2.21. The fraction of sp³-hybridized carbons (Fsp3) is 0.174. The Morgan fingerprint density at radius 1 is 0.909 bits per heavy atom. The molecule has 2 N–H and O–H groups in total. The summed E-state index contributed by atoms with van der Waals surface area (Å²) in [6.07, 6.45) is 3.40. The molecule has 166 valence electrons. The topological polar surface area (TPSA) is 114 Å². The molecule has 2 amide bonds. The number of pyridine rings is 1. The molecule has 5 rings (SSSR count). The van der Waals surface area contributed by atoms with Gasteiger partial charge in [0.05, 0.1) is 18.9 Å². The van der Waals surface area contributed by atoms with Gasteiger partial charge in [-0.1, -0.05) is 18.2 Å². The molecule has 10 heteroatoms. The van der Waals surface area contributed by atoms with Crippen LogP contribution in [0.2, 0.25) is 0 Å². The van der Waals surface area contributed by atoms with Crippen LogP contribution in [0.1, 0.15) is 20.8 Å². The van der Waals surface area contributed by atoms with Crippen molar-refractivity contribution in [3.05, 3.63) is 78.2 Å². The van der Waals surface area contributed by atoms with Gasteiger partial charge in [0.1, 0.15) is 11.5 Å². The van der Waals surface area contributed by atoms with Crippen LogP contribution in [0.25, 0.3) is 16.9 Å². The highest BCUT2D eigenvalue weighted by Crippen LogP contribution is 2.24. The summed E-state index contributed by atoms with van der Waals surface area (Å²) < 4.78 is 7.19. The second kappa shape index (κ2) is 9.05. The van der Waals surface area contributed by atoms with Crippen molar-refractivity contribution in [2.24, 2.45) is 0 Å². The summed E-state index contributed by atoms with van der Waals surface area (Å²) in [5.41, 5.74) is 7.61. The van der Waals surface area contributed by atoms with E-state index in [-0.39, 0.29) is 5.69 Å². The number of hydrogen-bond acceptors (Lipinski definition) is 7. The average molecular weight is 443 g/mol. The molecule has 4 heterocycles. The summed E-state index contributed by atoms with van der Waals surface area (Å²) in [6.45, 7) is 2.48. The van der Waals surface area contributed by atoms with Crippen molar-refractivity contribution >= 4 is 23.3 Å². The van der Waals surface area contributed by atoms with Crippen LogP contribution in [0.15, 0.2) is 67.0 Å². The number of hydrazine groups is 1. The minimum absolute atomic E-state index is 0.165. The van der Waals surface area contributed by atoms with Crippen LogP contribution in [-0.4, -0.2) is 57.7 Å². The quantitative estimate of drug-likeness (QED) is 0.462. The molecule has 0 spiro atoms. The summed E-state index contributed by atoms with van der Waals surface area (Å²) in [6, 6.07) is 15.9. The third-order valence-electron chi connectivity index (χ3n) is 5.28. The number of morpholine rings is 1. The smallest absolute Gasteiger partial charge is 0.288 e. The van der Waals surface area contributed by atoms with E-state index >= 15 is 0 Å². The van der Waals surface area contributed by atoms with Gasteiger partial charge in [0, 0.05) is 48.7 Å². The Balaban J connectivity index is 1.46. The molecular weight excluding hydrogens is 422 g/mol. The number of carbonyl (C=O) groups excluding carboxylic acids is 2. The van der Waals surface area contributed by atoms with Crippen molar-refractivity contribution in [2.75, 3.05) is 31.2 Å². The van der Waals surface area contributed by atoms with Gasteiger partial charge in [-0.2, -0.15) is 9.61 Å². The van der Waals surface area contributed by atoms with E-state index in [9.17, 15) is 9.59 Å². The Bertz CT molecular complexity index is 1290. The number of benzene rings is 1. The maximum absolute atomic E-state index is 12.9. The average Bonchev–Trinajstić information content (AvgIpc) is 3.32. The first kappa shape index (κ1) is 20.6. The molecule has 0 saturated carbocycles. The van der Waals surface area contributed by atoms with E-state index in [4.69, 9.17) is 9.84 Å². The first-order chi connectivity index (χ1) is 16.2. The summed E-state index contributed by atoms with van der Waals surface area (Å²) in [5.74, 6) is -0.214. The minimum atomic E-state index is -0.525. The van der Waals surface area contributed by atoms with Gasteiger partial charge in [-0.3, -0.25) is 25.4 Å². The Morgan fingerprint density at radius 3 is 2.39 bits per heavy atom. The van der Waals surface area contributed by atoms with Crippen molar-refractivity contribution in [3.63, 3.8) is 0 Å². The number of anilines is 1. The predicted molar refractivity (Wildman–Crippen MR) is 121 cm³/mol. The van der Waals surface area contributed by atoms with Gasteiger partial charge in [-0.15, -0.1) is 0 Å². The van der Waals surface area contributed by atoms with E-state index in [1.54, 1.807) is 47.2 Å². The molecule has 3 aromatic heterocycles. The van der Waals surface area contributed by atoms with Crippen LogP contribution in [0.4, 0.5) is 5.82 Å². The molecule has 1 aromatic carbocycles. The zero-order valence-electron chi connectivity index (χ0n) is 17.6. The van der Waals surface area contributed by atoms with Gasteiger partial charge >= 0.3 is 0 Å². The van der Waals surface area contributed by atoms with Crippen molar-refractivity contribution in [3.8, 4) is 11.3 Å². The summed E-state index contributed by atoms with van der Waals surface area (Å²) in [4.78, 5) is 35.8. The van der Waals surface area contributed by atoms with Crippen molar-refractivity contribution in [1.82, 2.24) is 30.4 Å². The monoisotopic (exact) mass is 443 g/mol. The summed E-state index contributed by atoms with van der Waals surface area (Å²) in [7, 11) is 0. The van der Waals surface area contributed by atoms with E-state index in [0.717, 1.165) is 11.4 Å². The minimum Gasteiger partial charge on any atom is -0.378 e. The molecule has 1 aliphatic rings. The number of aromatic nitrogens is 4. The number of nitrogens with one attached hydrogen (secondary N) is 2.